The van der Waals surface area contributed by atoms with Crippen LogP contribution in [0.4, 0.5) is 0 Å². The zero-order chi connectivity index (χ0) is 13.7. The van der Waals surface area contributed by atoms with Gasteiger partial charge in [0.25, 0.3) is 5.91 Å². The molecule has 0 saturated carbocycles. The van der Waals surface area contributed by atoms with Gasteiger partial charge in [-0.3, -0.25) is 4.79 Å². The molecule has 104 valence electrons. The highest BCUT2D eigenvalue weighted by atomic mass is 32.1. The van der Waals surface area contributed by atoms with Crippen molar-refractivity contribution < 1.29 is 14.3 Å². The van der Waals surface area contributed by atoms with Crippen LogP contribution in [0.3, 0.4) is 0 Å². The van der Waals surface area contributed by atoms with Gasteiger partial charge in [-0.1, -0.05) is 0 Å². The molecule has 1 aliphatic rings. The van der Waals surface area contributed by atoms with Crippen molar-refractivity contribution >= 4 is 23.2 Å². The molecule has 2 heterocycles. The Morgan fingerprint density at radius 1 is 1.47 bits per heavy atom. The Hall–Kier alpha value is -1.47. The third kappa shape index (κ3) is 3.51. The van der Waals surface area contributed by atoms with Crippen molar-refractivity contribution in [3.8, 4) is 0 Å². The largest absolute Gasteiger partial charge is 0.461 e. The second-order valence-corrected chi connectivity index (χ2v) is 5.01. The number of aromatic nitrogens is 1. The molecular weight excluding hydrogens is 266 g/mol. The Labute approximate surface area is 115 Å². The minimum absolute atomic E-state index is 0.115. The van der Waals surface area contributed by atoms with E-state index in [-0.39, 0.29) is 10.9 Å². The highest BCUT2D eigenvalue weighted by molar-refractivity contribution is 7.11. The smallest absolute Gasteiger partial charge is 0.367 e. The topological polar surface area (TPSA) is 71.5 Å². The van der Waals surface area contributed by atoms with E-state index < -0.39 is 5.97 Å². The number of carbonyl (C=O) groups excluding carboxylic acids is 2. The van der Waals surface area contributed by atoms with E-state index in [1.807, 2.05) is 0 Å². The van der Waals surface area contributed by atoms with Crippen LogP contribution in [0.15, 0.2) is 5.38 Å². The second kappa shape index (κ2) is 6.63. The number of esters is 1. The number of amides is 1. The van der Waals surface area contributed by atoms with Crippen LogP contribution in [-0.2, 0) is 4.74 Å². The lowest BCUT2D eigenvalue weighted by Gasteiger charge is -2.18. The third-order valence-electron chi connectivity index (χ3n) is 2.80. The predicted octanol–water partition coefficient (Wildman–Crippen LogP) is 0.755. The van der Waals surface area contributed by atoms with Crippen LogP contribution in [-0.4, -0.2) is 54.5 Å². The van der Waals surface area contributed by atoms with Crippen molar-refractivity contribution in [1.82, 2.24) is 15.2 Å². The maximum Gasteiger partial charge on any atom is 0.367 e. The van der Waals surface area contributed by atoms with E-state index >= 15 is 0 Å². The van der Waals surface area contributed by atoms with Crippen LogP contribution >= 0.6 is 11.3 Å². The van der Waals surface area contributed by atoms with Crippen molar-refractivity contribution in [2.75, 3.05) is 32.8 Å². The fourth-order valence-corrected chi connectivity index (χ4v) is 2.55. The summed E-state index contributed by atoms with van der Waals surface area (Å²) in [5.41, 5.74) is 0.329. The van der Waals surface area contributed by atoms with E-state index in [4.69, 9.17) is 4.74 Å². The average molecular weight is 283 g/mol. The minimum Gasteiger partial charge on any atom is -0.461 e. The number of hydrogen-bond acceptors (Lipinski definition) is 6. The number of rotatable bonds is 3. The van der Waals surface area contributed by atoms with Crippen LogP contribution < -0.4 is 5.32 Å². The molecule has 1 fully saturated rings. The monoisotopic (exact) mass is 283 g/mol. The summed E-state index contributed by atoms with van der Waals surface area (Å²) >= 11 is 1.15. The molecule has 0 atom stereocenters. The second-order valence-electron chi connectivity index (χ2n) is 4.15. The molecular formula is C12H17N3O3S. The summed E-state index contributed by atoms with van der Waals surface area (Å²) in [6.07, 6.45) is 0.931. The van der Waals surface area contributed by atoms with Gasteiger partial charge >= 0.3 is 5.97 Å². The van der Waals surface area contributed by atoms with Gasteiger partial charge < -0.3 is 15.0 Å². The lowest BCUT2D eigenvalue weighted by Crippen LogP contribution is -2.34. The van der Waals surface area contributed by atoms with Crippen molar-refractivity contribution in [3.63, 3.8) is 0 Å². The van der Waals surface area contributed by atoms with E-state index in [0.29, 0.717) is 18.8 Å². The first-order valence-electron chi connectivity index (χ1n) is 6.35. The minimum atomic E-state index is -0.468. The van der Waals surface area contributed by atoms with E-state index in [1.165, 1.54) is 0 Å². The van der Waals surface area contributed by atoms with Crippen LogP contribution in [0, 0.1) is 0 Å². The summed E-state index contributed by atoms with van der Waals surface area (Å²) < 4.78 is 4.86. The Morgan fingerprint density at radius 2 is 2.32 bits per heavy atom. The van der Waals surface area contributed by atoms with E-state index in [9.17, 15) is 9.59 Å². The zero-order valence-corrected chi connectivity index (χ0v) is 11.7. The van der Waals surface area contributed by atoms with Crippen LogP contribution in [0.2, 0.25) is 0 Å². The SMILES string of the molecule is CCOC(=O)c1nc(C(=O)N2CCCNCC2)cs1. The van der Waals surface area contributed by atoms with Crippen LogP contribution in [0.25, 0.3) is 0 Å². The van der Waals surface area contributed by atoms with Gasteiger partial charge in [-0.2, -0.15) is 0 Å². The lowest BCUT2D eigenvalue weighted by molar-refractivity contribution is 0.0526. The summed E-state index contributed by atoms with van der Waals surface area (Å²) in [7, 11) is 0. The standard InChI is InChI=1S/C12H17N3O3S/c1-2-18-12(17)10-14-9(8-19-10)11(16)15-6-3-4-13-5-7-15/h8,13H,2-7H2,1H3. The summed E-state index contributed by atoms with van der Waals surface area (Å²) in [5.74, 6) is -0.584. The number of nitrogens with one attached hydrogen (secondary N) is 1. The highest BCUT2D eigenvalue weighted by Gasteiger charge is 2.21. The van der Waals surface area contributed by atoms with Gasteiger partial charge in [0.2, 0.25) is 5.01 Å². The molecule has 7 heteroatoms. The summed E-state index contributed by atoms with van der Waals surface area (Å²) in [6.45, 7) is 5.15. The molecule has 1 amide bonds. The third-order valence-corrected chi connectivity index (χ3v) is 3.62. The van der Waals surface area contributed by atoms with E-state index in [1.54, 1.807) is 17.2 Å². The molecule has 0 bridgehead atoms. The average Bonchev–Trinajstić information content (AvgIpc) is 2.74. The van der Waals surface area contributed by atoms with E-state index in [0.717, 1.165) is 37.4 Å². The van der Waals surface area contributed by atoms with Gasteiger partial charge in [0.15, 0.2) is 0 Å². The number of nitrogens with zero attached hydrogens (tertiary/aromatic N) is 2. The Kier molecular flexibility index (Phi) is 4.86. The molecule has 0 spiro atoms. The summed E-state index contributed by atoms with van der Waals surface area (Å²) in [4.78, 5) is 29.6. The maximum atomic E-state index is 12.2. The first kappa shape index (κ1) is 14.0. The van der Waals surface area contributed by atoms with Gasteiger partial charge in [0.1, 0.15) is 5.69 Å². The highest BCUT2D eigenvalue weighted by Crippen LogP contribution is 2.13. The Balaban J connectivity index is 2.04. The molecule has 1 saturated heterocycles. The summed E-state index contributed by atoms with van der Waals surface area (Å²) in [6, 6.07) is 0. The lowest BCUT2D eigenvalue weighted by atomic mass is 10.3. The molecule has 0 aliphatic carbocycles. The quantitative estimate of drug-likeness (QED) is 0.829. The molecule has 0 aromatic carbocycles. The van der Waals surface area contributed by atoms with Crippen molar-refractivity contribution in [2.24, 2.45) is 0 Å². The fraction of sp³-hybridized carbons (Fsp3) is 0.583. The molecule has 0 radical (unpaired) electrons. The Morgan fingerprint density at radius 3 is 3.11 bits per heavy atom. The summed E-state index contributed by atoms with van der Waals surface area (Å²) in [5, 5.41) is 5.09. The molecule has 2 rings (SSSR count). The van der Waals surface area contributed by atoms with Gasteiger partial charge in [0.05, 0.1) is 6.61 Å². The first-order valence-corrected chi connectivity index (χ1v) is 7.23. The molecule has 1 aromatic rings. The molecule has 1 aliphatic heterocycles. The molecule has 1 aromatic heterocycles. The molecule has 6 nitrogen and oxygen atoms in total. The number of carbonyl (C=O) groups is 2. The molecule has 1 N–H and O–H groups in total. The number of hydrogen-bond donors (Lipinski definition) is 1. The van der Waals surface area contributed by atoms with Crippen molar-refractivity contribution in [1.29, 1.82) is 0 Å². The van der Waals surface area contributed by atoms with Crippen LogP contribution in [0.1, 0.15) is 33.6 Å². The van der Waals surface area contributed by atoms with Gasteiger partial charge in [-0.05, 0) is 19.9 Å². The van der Waals surface area contributed by atoms with Crippen molar-refractivity contribution in [3.05, 3.63) is 16.1 Å². The predicted molar refractivity (Wildman–Crippen MR) is 71.5 cm³/mol. The van der Waals surface area contributed by atoms with Crippen LogP contribution in [0.5, 0.6) is 0 Å². The van der Waals surface area contributed by atoms with Gasteiger partial charge in [-0.15, -0.1) is 11.3 Å². The molecule has 0 unspecified atom stereocenters. The van der Waals surface area contributed by atoms with Gasteiger partial charge in [-0.25, -0.2) is 9.78 Å². The zero-order valence-electron chi connectivity index (χ0n) is 10.8. The Bertz CT molecular complexity index is 453. The fourth-order valence-electron chi connectivity index (χ4n) is 1.87. The molecule has 19 heavy (non-hydrogen) atoms. The number of thiazole rings is 1. The van der Waals surface area contributed by atoms with Crippen molar-refractivity contribution in [2.45, 2.75) is 13.3 Å². The number of ether oxygens (including phenoxy) is 1. The van der Waals surface area contributed by atoms with E-state index in [2.05, 4.69) is 10.3 Å². The maximum absolute atomic E-state index is 12.2. The first-order chi connectivity index (χ1) is 9.22. The normalized spacial score (nSPS) is 15.9. The van der Waals surface area contributed by atoms with Gasteiger partial charge in [0, 0.05) is 25.0 Å².